The molecule has 0 aliphatic carbocycles. The molecule has 0 bridgehead atoms. The van der Waals surface area contributed by atoms with Crippen molar-refractivity contribution in [2.24, 2.45) is 0 Å². The summed E-state index contributed by atoms with van der Waals surface area (Å²) in [5.74, 6) is 0.745. The summed E-state index contributed by atoms with van der Waals surface area (Å²) in [4.78, 5) is 28.1. The molecular weight excluding hydrogens is 426 g/mol. The van der Waals surface area contributed by atoms with Crippen molar-refractivity contribution in [1.29, 1.82) is 0 Å². The van der Waals surface area contributed by atoms with Gasteiger partial charge in [0.05, 0.1) is 39.5 Å². The highest BCUT2D eigenvalue weighted by Crippen LogP contribution is 2.25. The second kappa shape index (κ2) is 11.2. The molecule has 8 heteroatoms. The molecule has 3 rings (SSSR count). The van der Waals surface area contributed by atoms with E-state index in [1.807, 2.05) is 65.7 Å². The van der Waals surface area contributed by atoms with Crippen molar-refractivity contribution in [2.45, 2.75) is 13.5 Å². The number of rotatable bonds is 10. The SMILES string of the molecule is COc1ccc(N(CC(=O)NCC(=O)Nc2cc(C)ccc2OC)Cc2cccs2)cc1. The number of aryl methyl sites for hydroxylation is 1. The van der Waals surface area contributed by atoms with Crippen LogP contribution in [0.3, 0.4) is 0 Å². The first kappa shape index (κ1) is 23.1. The van der Waals surface area contributed by atoms with E-state index >= 15 is 0 Å². The number of benzene rings is 2. The van der Waals surface area contributed by atoms with Crippen LogP contribution in [0.2, 0.25) is 0 Å². The maximum atomic E-state index is 12.6. The molecule has 3 aromatic rings. The summed E-state index contributed by atoms with van der Waals surface area (Å²) >= 11 is 1.63. The van der Waals surface area contributed by atoms with E-state index in [1.54, 1.807) is 31.6 Å². The molecule has 0 saturated heterocycles. The number of amides is 2. The topological polar surface area (TPSA) is 79.9 Å². The van der Waals surface area contributed by atoms with Crippen LogP contribution in [-0.2, 0) is 16.1 Å². The molecule has 32 heavy (non-hydrogen) atoms. The summed E-state index contributed by atoms with van der Waals surface area (Å²) in [6.45, 7) is 2.50. The lowest BCUT2D eigenvalue weighted by Gasteiger charge is -2.24. The Morgan fingerprint density at radius 1 is 1.00 bits per heavy atom. The minimum atomic E-state index is -0.323. The van der Waals surface area contributed by atoms with Gasteiger partial charge in [0.15, 0.2) is 0 Å². The molecule has 0 radical (unpaired) electrons. The fourth-order valence-corrected chi connectivity index (χ4v) is 3.86. The largest absolute Gasteiger partial charge is 0.497 e. The molecule has 0 aliphatic rings. The smallest absolute Gasteiger partial charge is 0.243 e. The highest BCUT2D eigenvalue weighted by atomic mass is 32.1. The third-order valence-electron chi connectivity index (χ3n) is 4.77. The zero-order valence-electron chi connectivity index (χ0n) is 18.4. The van der Waals surface area contributed by atoms with Crippen molar-refractivity contribution in [3.05, 3.63) is 70.4 Å². The van der Waals surface area contributed by atoms with Crippen LogP contribution in [0.5, 0.6) is 11.5 Å². The van der Waals surface area contributed by atoms with Crippen LogP contribution in [0, 0.1) is 6.92 Å². The second-order valence-corrected chi connectivity index (χ2v) is 8.19. The van der Waals surface area contributed by atoms with Gasteiger partial charge in [0.1, 0.15) is 11.5 Å². The molecule has 1 heterocycles. The van der Waals surface area contributed by atoms with E-state index in [1.165, 1.54) is 0 Å². The van der Waals surface area contributed by atoms with Crippen LogP contribution in [-0.4, -0.2) is 39.1 Å². The van der Waals surface area contributed by atoms with Crippen LogP contribution in [0.25, 0.3) is 0 Å². The molecule has 0 aliphatic heterocycles. The number of thiophene rings is 1. The van der Waals surface area contributed by atoms with Gasteiger partial charge in [0.25, 0.3) is 0 Å². The maximum absolute atomic E-state index is 12.6. The van der Waals surface area contributed by atoms with Crippen molar-refractivity contribution >= 4 is 34.5 Å². The number of nitrogens with one attached hydrogen (secondary N) is 2. The Balaban J connectivity index is 1.60. The standard InChI is InChI=1S/C24H27N3O4S/c1-17-6-11-22(31-3)21(13-17)26-23(28)14-25-24(29)16-27(15-20-5-4-12-32-20)18-7-9-19(30-2)10-8-18/h4-13H,14-16H2,1-3H3,(H,25,29)(H,26,28). The van der Waals surface area contributed by atoms with Crippen molar-refractivity contribution < 1.29 is 19.1 Å². The van der Waals surface area contributed by atoms with Crippen LogP contribution in [0.15, 0.2) is 60.0 Å². The van der Waals surface area contributed by atoms with Gasteiger partial charge in [-0.1, -0.05) is 12.1 Å². The number of ether oxygens (including phenoxy) is 2. The lowest BCUT2D eigenvalue weighted by molar-refractivity contribution is -0.123. The maximum Gasteiger partial charge on any atom is 0.243 e. The van der Waals surface area contributed by atoms with Crippen molar-refractivity contribution in [3.63, 3.8) is 0 Å². The van der Waals surface area contributed by atoms with E-state index in [4.69, 9.17) is 9.47 Å². The average molecular weight is 454 g/mol. The Labute approximate surface area is 192 Å². The van der Waals surface area contributed by atoms with Crippen molar-refractivity contribution in [1.82, 2.24) is 5.32 Å². The normalized spacial score (nSPS) is 10.3. The predicted molar refractivity (Wildman–Crippen MR) is 128 cm³/mol. The molecule has 2 N–H and O–H groups in total. The Hall–Kier alpha value is -3.52. The van der Waals surface area contributed by atoms with Gasteiger partial charge in [0.2, 0.25) is 11.8 Å². The summed E-state index contributed by atoms with van der Waals surface area (Å²) in [6.07, 6.45) is 0. The van der Waals surface area contributed by atoms with Crippen LogP contribution in [0.1, 0.15) is 10.4 Å². The molecule has 0 saturated carbocycles. The van der Waals surface area contributed by atoms with E-state index in [2.05, 4.69) is 10.6 Å². The van der Waals surface area contributed by atoms with Gasteiger partial charge in [-0.15, -0.1) is 11.3 Å². The van der Waals surface area contributed by atoms with Gasteiger partial charge in [-0.3, -0.25) is 9.59 Å². The summed E-state index contributed by atoms with van der Waals surface area (Å²) in [7, 11) is 3.16. The van der Waals surface area contributed by atoms with Crippen LogP contribution in [0.4, 0.5) is 11.4 Å². The minimum Gasteiger partial charge on any atom is -0.497 e. The minimum absolute atomic E-state index is 0.116. The van der Waals surface area contributed by atoms with E-state index in [9.17, 15) is 9.59 Å². The molecule has 168 valence electrons. The first-order chi connectivity index (χ1) is 15.5. The Bertz CT molecular complexity index is 1040. The highest BCUT2D eigenvalue weighted by Gasteiger charge is 2.15. The Kier molecular flexibility index (Phi) is 8.10. The quantitative estimate of drug-likeness (QED) is 0.488. The Morgan fingerprint density at radius 3 is 2.44 bits per heavy atom. The first-order valence-electron chi connectivity index (χ1n) is 10.1. The molecule has 2 aromatic carbocycles. The average Bonchev–Trinajstić information content (AvgIpc) is 3.31. The molecule has 1 aromatic heterocycles. The van der Waals surface area contributed by atoms with Gasteiger partial charge < -0.3 is 25.0 Å². The Morgan fingerprint density at radius 2 is 1.78 bits per heavy atom. The van der Waals surface area contributed by atoms with Crippen molar-refractivity contribution in [3.8, 4) is 11.5 Å². The first-order valence-corrected chi connectivity index (χ1v) is 11.0. The molecule has 0 unspecified atom stereocenters. The summed E-state index contributed by atoms with van der Waals surface area (Å²) in [5.41, 5.74) is 2.46. The molecule has 0 spiro atoms. The van der Waals surface area contributed by atoms with E-state index in [0.717, 1.165) is 21.9 Å². The number of anilines is 2. The summed E-state index contributed by atoms with van der Waals surface area (Å²) in [5, 5.41) is 7.50. The fraction of sp³-hybridized carbons (Fsp3) is 0.250. The molecule has 7 nitrogen and oxygen atoms in total. The number of nitrogens with zero attached hydrogens (tertiary/aromatic N) is 1. The molecule has 0 fully saturated rings. The van der Waals surface area contributed by atoms with Crippen molar-refractivity contribution in [2.75, 3.05) is 37.5 Å². The third-order valence-corrected chi connectivity index (χ3v) is 5.64. The van der Waals surface area contributed by atoms with E-state index in [0.29, 0.717) is 18.0 Å². The number of hydrogen-bond donors (Lipinski definition) is 2. The van der Waals surface area contributed by atoms with Gasteiger partial charge in [-0.25, -0.2) is 0 Å². The predicted octanol–water partition coefficient (Wildman–Crippen LogP) is 3.84. The monoisotopic (exact) mass is 453 g/mol. The van der Waals surface area contributed by atoms with Gasteiger partial charge in [0, 0.05) is 10.6 Å². The number of carbonyl (C=O) groups is 2. The van der Waals surface area contributed by atoms with E-state index in [-0.39, 0.29) is 24.9 Å². The zero-order valence-corrected chi connectivity index (χ0v) is 19.2. The second-order valence-electron chi connectivity index (χ2n) is 7.16. The number of hydrogen-bond acceptors (Lipinski definition) is 6. The summed E-state index contributed by atoms with van der Waals surface area (Å²) in [6, 6.07) is 17.1. The number of methoxy groups -OCH3 is 2. The van der Waals surface area contributed by atoms with Crippen LogP contribution >= 0.6 is 11.3 Å². The summed E-state index contributed by atoms with van der Waals surface area (Å²) < 4.78 is 10.5. The van der Waals surface area contributed by atoms with Gasteiger partial charge >= 0.3 is 0 Å². The van der Waals surface area contributed by atoms with Gasteiger partial charge in [-0.2, -0.15) is 0 Å². The fourth-order valence-electron chi connectivity index (χ4n) is 3.14. The lowest BCUT2D eigenvalue weighted by atomic mass is 10.2. The molecule has 2 amide bonds. The number of carbonyl (C=O) groups excluding carboxylic acids is 2. The molecule has 0 atom stereocenters. The third kappa shape index (κ3) is 6.49. The van der Waals surface area contributed by atoms with E-state index < -0.39 is 0 Å². The zero-order chi connectivity index (χ0) is 22.9. The van der Waals surface area contributed by atoms with Crippen LogP contribution < -0.4 is 25.0 Å². The highest BCUT2D eigenvalue weighted by molar-refractivity contribution is 7.09. The molecular formula is C24H27N3O4S. The van der Waals surface area contributed by atoms with Gasteiger partial charge in [-0.05, 0) is 60.3 Å². The lowest BCUT2D eigenvalue weighted by Crippen LogP contribution is -2.40.